The van der Waals surface area contributed by atoms with Crippen LogP contribution in [0.5, 0.6) is 0 Å². The van der Waals surface area contributed by atoms with Crippen LogP contribution in [0.4, 0.5) is 5.82 Å². The van der Waals surface area contributed by atoms with E-state index in [2.05, 4.69) is 27.8 Å². The van der Waals surface area contributed by atoms with Crippen molar-refractivity contribution in [1.29, 1.82) is 0 Å². The third-order valence-corrected chi connectivity index (χ3v) is 5.89. The fourth-order valence-electron chi connectivity index (χ4n) is 3.51. The van der Waals surface area contributed by atoms with Gasteiger partial charge in [0.25, 0.3) is 0 Å². The van der Waals surface area contributed by atoms with Crippen LogP contribution in [0.1, 0.15) is 37.7 Å². The van der Waals surface area contributed by atoms with Crippen LogP contribution >= 0.6 is 47.0 Å². The fraction of sp³-hybridized carbons (Fsp3) is 0.368. The molecule has 1 aromatic heterocycles. The van der Waals surface area contributed by atoms with Gasteiger partial charge in [-0.3, -0.25) is 0 Å². The summed E-state index contributed by atoms with van der Waals surface area (Å²) in [4.78, 5) is 4.18. The van der Waals surface area contributed by atoms with E-state index in [1.807, 2.05) is 12.1 Å². The average molecular weight is 429 g/mol. The van der Waals surface area contributed by atoms with Crippen LogP contribution < -0.4 is 10.6 Å². The number of halogens is 3. The molecule has 0 amide bonds. The molecule has 26 heavy (non-hydrogen) atoms. The first-order valence-corrected chi connectivity index (χ1v) is 10.1. The third kappa shape index (κ3) is 4.80. The molecule has 138 valence electrons. The van der Waals surface area contributed by atoms with E-state index in [1.54, 1.807) is 6.07 Å². The maximum absolute atomic E-state index is 6.15. The Kier molecular flexibility index (Phi) is 6.62. The van der Waals surface area contributed by atoms with Crippen LogP contribution in [0.2, 0.25) is 15.1 Å². The summed E-state index contributed by atoms with van der Waals surface area (Å²) >= 11 is 23.5. The van der Waals surface area contributed by atoms with Gasteiger partial charge in [0.1, 0.15) is 0 Å². The summed E-state index contributed by atoms with van der Waals surface area (Å²) in [7, 11) is 0. The average Bonchev–Trinajstić information content (AvgIpc) is 2.64. The highest BCUT2D eigenvalue weighted by molar-refractivity contribution is 7.80. The van der Waals surface area contributed by atoms with Crippen molar-refractivity contribution in [2.24, 2.45) is 0 Å². The molecule has 1 aliphatic rings. The molecule has 0 unspecified atom stereocenters. The molecule has 7 heteroatoms. The molecular weight excluding hydrogens is 409 g/mol. The molecule has 0 spiro atoms. The van der Waals surface area contributed by atoms with Crippen LogP contribution in [0.25, 0.3) is 0 Å². The first-order chi connectivity index (χ1) is 12.5. The highest BCUT2D eigenvalue weighted by Crippen LogP contribution is 2.39. The Hall–Kier alpha value is -1.07. The Bertz CT molecular complexity index is 774. The van der Waals surface area contributed by atoms with E-state index in [1.165, 1.54) is 31.0 Å². The molecule has 0 aliphatic heterocycles. The van der Waals surface area contributed by atoms with Gasteiger partial charge in [-0.1, -0.05) is 66.2 Å². The number of thiocarbonyl (C=S) groups is 1. The molecule has 0 atom stereocenters. The highest BCUT2D eigenvalue weighted by Gasteiger charge is 2.33. The van der Waals surface area contributed by atoms with Gasteiger partial charge in [-0.15, -0.1) is 0 Å². The number of anilines is 1. The van der Waals surface area contributed by atoms with Crippen molar-refractivity contribution in [2.75, 3.05) is 11.9 Å². The molecular formula is C19H20Cl3N3S. The summed E-state index contributed by atoms with van der Waals surface area (Å²) in [6, 6.07) is 9.81. The molecule has 1 aromatic carbocycles. The molecule has 2 N–H and O–H groups in total. The Balaban J connectivity index is 1.69. The minimum atomic E-state index is 0.0613. The number of nitrogens with zero attached hydrogens (tertiary/aromatic N) is 1. The lowest BCUT2D eigenvalue weighted by Gasteiger charge is -2.38. The second-order valence-electron chi connectivity index (χ2n) is 6.64. The van der Waals surface area contributed by atoms with Crippen molar-refractivity contribution in [1.82, 2.24) is 10.3 Å². The van der Waals surface area contributed by atoms with Gasteiger partial charge in [0.2, 0.25) is 0 Å². The Morgan fingerprint density at radius 1 is 1.04 bits per heavy atom. The van der Waals surface area contributed by atoms with E-state index in [4.69, 9.17) is 47.0 Å². The molecule has 1 aliphatic carbocycles. The van der Waals surface area contributed by atoms with Crippen molar-refractivity contribution in [3.05, 3.63) is 57.2 Å². The highest BCUT2D eigenvalue weighted by atomic mass is 35.5. The molecule has 0 radical (unpaired) electrons. The number of rotatable bonds is 4. The van der Waals surface area contributed by atoms with Crippen molar-refractivity contribution in [3.8, 4) is 0 Å². The number of hydrogen-bond donors (Lipinski definition) is 2. The van der Waals surface area contributed by atoms with Crippen LogP contribution in [-0.2, 0) is 5.41 Å². The molecule has 1 heterocycles. The SMILES string of the molecule is S=C(NCC1(c2ccc(Cl)cc2)CCCCC1)Nc1ncc(Cl)cc1Cl. The quantitative estimate of drug-likeness (QED) is 0.566. The molecule has 3 nitrogen and oxygen atoms in total. The summed E-state index contributed by atoms with van der Waals surface area (Å²) in [5.41, 5.74) is 1.37. The molecule has 1 fully saturated rings. The van der Waals surface area contributed by atoms with Gasteiger partial charge in [-0.05, 0) is 48.8 Å². The van der Waals surface area contributed by atoms with E-state index in [0.29, 0.717) is 21.0 Å². The second-order valence-corrected chi connectivity index (χ2v) is 8.33. The standard InChI is InChI=1S/C19H20Cl3N3S/c20-14-6-4-13(5-7-14)19(8-2-1-3-9-19)12-24-18(26)25-17-16(22)10-15(21)11-23-17/h4-7,10-11H,1-3,8-9,12H2,(H2,23,24,25,26). The summed E-state index contributed by atoms with van der Waals surface area (Å²) in [5, 5.41) is 8.59. The maximum Gasteiger partial charge on any atom is 0.172 e. The van der Waals surface area contributed by atoms with Crippen LogP contribution in [-0.4, -0.2) is 16.6 Å². The molecule has 0 saturated heterocycles. The Morgan fingerprint density at radius 3 is 2.38 bits per heavy atom. The summed E-state index contributed by atoms with van der Waals surface area (Å²) in [6.07, 6.45) is 7.51. The Labute approximate surface area is 174 Å². The lowest BCUT2D eigenvalue weighted by atomic mass is 9.69. The van der Waals surface area contributed by atoms with E-state index < -0.39 is 0 Å². The Morgan fingerprint density at radius 2 is 1.73 bits per heavy atom. The number of aromatic nitrogens is 1. The van der Waals surface area contributed by atoms with Gasteiger partial charge in [-0.25, -0.2) is 4.98 Å². The topological polar surface area (TPSA) is 37.0 Å². The zero-order valence-corrected chi connectivity index (χ0v) is 17.3. The summed E-state index contributed by atoms with van der Waals surface area (Å²) < 4.78 is 0. The zero-order chi connectivity index (χ0) is 18.6. The van der Waals surface area contributed by atoms with E-state index in [9.17, 15) is 0 Å². The molecule has 1 saturated carbocycles. The predicted molar refractivity (Wildman–Crippen MR) is 115 cm³/mol. The summed E-state index contributed by atoms with van der Waals surface area (Å²) in [6.45, 7) is 0.756. The molecule has 3 rings (SSSR count). The van der Waals surface area contributed by atoms with Gasteiger partial charge < -0.3 is 10.6 Å². The van der Waals surface area contributed by atoms with Crippen LogP contribution in [0.3, 0.4) is 0 Å². The lowest BCUT2D eigenvalue weighted by molar-refractivity contribution is 0.292. The first-order valence-electron chi connectivity index (χ1n) is 8.60. The van der Waals surface area contributed by atoms with Crippen molar-refractivity contribution >= 4 is 58.0 Å². The van der Waals surface area contributed by atoms with Gasteiger partial charge >= 0.3 is 0 Å². The fourth-order valence-corrected chi connectivity index (χ4v) is 4.23. The maximum atomic E-state index is 6.15. The van der Waals surface area contributed by atoms with Crippen molar-refractivity contribution < 1.29 is 0 Å². The summed E-state index contributed by atoms with van der Waals surface area (Å²) in [5.74, 6) is 0.498. The van der Waals surface area contributed by atoms with E-state index in [-0.39, 0.29) is 5.41 Å². The van der Waals surface area contributed by atoms with Crippen LogP contribution in [0, 0.1) is 0 Å². The zero-order valence-electron chi connectivity index (χ0n) is 14.2. The minimum Gasteiger partial charge on any atom is -0.362 e. The van der Waals surface area contributed by atoms with E-state index >= 15 is 0 Å². The van der Waals surface area contributed by atoms with Gasteiger partial charge in [0.15, 0.2) is 10.9 Å². The monoisotopic (exact) mass is 427 g/mol. The van der Waals surface area contributed by atoms with Gasteiger partial charge in [0, 0.05) is 23.2 Å². The first kappa shape index (κ1) is 19.7. The third-order valence-electron chi connectivity index (χ3n) is 4.89. The van der Waals surface area contributed by atoms with Gasteiger partial charge in [0.05, 0.1) is 10.0 Å². The minimum absolute atomic E-state index is 0.0613. The smallest absolute Gasteiger partial charge is 0.172 e. The second kappa shape index (κ2) is 8.75. The van der Waals surface area contributed by atoms with E-state index in [0.717, 1.165) is 24.4 Å². The number of benzene rings is 1. The molecule has 2 aromatic rings. The number of nitrogens with one attached hydrogen (secondary N) is 2. The molecule has 0 bridgehead atoms. The lowest BCUT2D eigenvalue weighted by Crippen LogP contribution is -2.43. The van der Waals surface area contributed by atoms with Crippen molar-refractivity contribution in [3.63, 3.8) is 0 Å². The van der Waals surface area contributed by atoms with Crippen molar-refractivity contribution in [2.45, 2.75) is 37.5 Å². The predicted octanol–water partition coefficient (Wildman–Crippen LogP) is 6.23. The van der Waals surface area contributed by atoms with Gasteiger partial charge in [-0.2, -0.15) is 0 Å². The largest absolute Gasteiger partial charge is 0.362 e. The number of pyridine rings is 1. The number of hydrogen-bond acceptors (Lipinski definition) is 2. The van der Waals surface area contributed by atoms with Crippen LogP contribution in [0.15, 0.2) is 36.5 Å². The normalized spacial score (nSPS) is 16.1.